The molecule has 3 nitrogen and oxygen atoms in total. The van der Waals surface area contributed by atoms with Crippen molar-refractivity contribution in [3.63, 3.8) is 0 Å². The van der Waals surface area contributed by atoms with Gasteiger partial charge in [0.25, 0.3) is 0 Å². The van der Waals surface area contributed by atoms with Gasteiger partial charge in [0.1, 0.15) is 5.69 Å². The molecule has 0 saturated carbocycles. The fourth-order valence-corrected chi connectivity index (χ4v) is 7.30. The van der Waals surface area contributed by atoms with Crippen molar-refractivity contribution in [3.8, 4) is 34.0 Å². The molecule has 1 aliphatic carbocycles. The van der Waals surface area contributed by atoms with Crippen LogP contribution >= 0.6 is 0 Å². The molecule has 0 fully saturated rings. The van der Waals surface area contributed by atoms with Gasteiger partial charge < -0.3 is 0 Å². The Balaban J connectivity index is 1.42. The highest BCUT2D eigenvalue weighted by Crippen LogP contribution is 2.58. The van der Waals surface area contributed by atoms with E-state index >= 15 is 0 Å². The van der Waals surface area contributed by atoms with Crippen LogP contribution in [0.1, 0.15) is 22.3 Å². The monoisotopic (exact) mass is 573 g/mol. The van der Waals surface area contributed by atoms with Gasteiger partial charge in [0, 0.05) is 27.5 Å². The molecule has 45 heavy (non-hydrogen) atoms. The molecule has 0 atom stereocenters. The molecule has 1 aliphatic rings. The maximum absolute atomic E-state index is 5.56. The molecular formula is C42H27N3. The van der Waals surface area contributed by atoms with Gasteiger partial charge in [-0.2, -0.15) is 0 Å². The zero-order valence-electron chi connectivity index (χ0n) is 24.4. The summed E-state index contributed by atoms with van der Waals surface area (Å²) in [5.74, 6) is 0.626. The molecular weight excluding hydrogens is 546 g/mol. The number of rotatable bonds is 4. The van der Waals surface area contributed by atoms with E-state index < -0.39 is 5.41 Å². The average Bonchev–Trinajstić information content (AvgIpc) is 3.43. The van der Waals surface area contributed by atoms with Gasteiger partial charge in [-0.15, -0.1) is 0 Å². The van der Waals surface area contributed by atoms with Crippen LogP contribution in [0.4, 0.5) is 0 Å². The van der Waals surface area contributed by atoms with Gasteiger partial charge in [-0.1, -0.05) is 158 Å². The molecule has 0 spiro atoms. The largest absolute Gasteiger partial charge is 0.243 e. The van der Waals surface area contributed by atoms with E-state index in [9.17, 15) is 0 Å². The molecule has 0 amide bonds. The number of benzene rings is 6. The molecule has 0 N–H and O–H groups in total. The number of pyridine rings is 1. The zero-order valence-corrected chi connectivity index (χ0v) is 24.4. The Labute approximate surface area is 261 Å². The maximum Gasteiger partial charge on any atom is 0.179 e. The van der Waals surface area contributed by atoms with Crippen LogP contribution in [0, 0.1) is 0 Å². The van der Waals surface area contributed by atoms with Gasteiger partial charge in [0.15, 0.2) is 5.82 Å². The first kappa shape index (κ1) is 25.6. The predicted molar refractivity (Wildman–Crippen MR) is 183 cm³/mol. The van der Waals surface area contributed by atoms with E-state index in [-0.39, 0.29) is 0 Å². The quantitative estimate of drug-likeness (QED) is 0.210. The lowest BCUT2D eigenvalue weighted by Gasteiger charge is -2.34. The highest BCUT2D eigenvalue weighted by atomic mass is 14.9. The van der Waals surface area contributed by atoms with Gasteiger partial charge in [-0.25, -0.2) is 15.0 Å². The lowest BCUT2D eigenvalue weighted by atomic mass is 9.67. The third-order valence-corrected chi connectivity index (χ3v) is 9.15. The van der Waals surface area contributed by atoms with Crippen molar-refractivity contribution < 1.29 is 0 Å². The molecule has 2 aromatic heterocycles. The van der Waals surface area contributed by atoms with E-state index in [1.165, 1.54) is 22.3 Å². The van der Waals surface area contributed by atoms with E-state index in [1.807, 2.05) is 18.2 Å². The van der Waals surface area contributed by atoms with Crippen LogP contribution in [0.3, 0.4) is 0 Å². The smallest absolute Gasteiger partial charge is 0.179 e. The minimum Gasteiger partial charge on any atom is -0.243 e. The number of fused-ring (bicyclic) bond motifs is 6. The predicted octanol–water partition coefficient (Wildman–Crippen LogP) is 9.88. The molecule has 2 heterocycles. The van der Waals surface area contributed by atoms with Gasteiger partial charge in [0.2, 0.25) is 0 Å². The zero-order chi connectivity index (χ0) is 29.8. The van der Waals surface area contributed by atoms with E-state index in [0.717, 1.165) is 49.9 Å². The molecule has 3 heteroatoms. The summed E-state index contributed by atoms with van der Waals surface area (Å²) in [5, 5.41) is 3.21. The van der Waals surface area contributed by atoms with E-state index in [1.54, 1.807) is 0 Å². The van der Waals surface area contributed by atoms with Gasteiger partial charge in [0.05, 0.1) is 22.3 Å². The molecule has 6 aromatic carbocycles. The van der Waals surface area contributed by atoms with Crippen LogP contribution in [0.15, 0.2) is 164 Å². The molecule has 8 aromatic rings. The highest BCUT2D eigenvalue weighted by Gasteiger charge is 2.48. The van der Waals surface area contributed by atoms with E-state index in [0.29, 0.717) is 5.82 Å². The first-order chi connectivity index (χ1) is 22.3. The summed E-state index contributed by atoms with van der Waals surface area (Å²) < 4.78 is 0. The molecule has 210 valence electrons. The molecule has 0 unspecified atom stereocenters. The Morgan fingerprint density at radius 2 is 0.933 bits per heavy atom. The summed E-state index contributed by atoms with van der Waals surface area (Å²) in [7, 11) is 0. The lowest BCUT2D eigenvalue weighted by molar-refractivity contribution is 0.774. The molecule has 0 saturated heterocycles. The molecule has 9 rings (SSSR count). The third kappa shape index (κ3) is 3.74. The Hall–Kier alpha value is -5.93. The second kappa shape index (κ2) is 10.1. The average molecular weight is 574 g/mol. The number of aromatic nitrogens is 3. The minimum atomic E-state index is -0.543. The Morgan fingerprint density at radius 3 is 1.64 bits per heavy atom. The van der Waals surface area contributed by atoms with Crippen LogP contribution in [0.5, 0.6) is 0 Å². The number of hydrogen-bond donors (Lipinski definition) is 0. The summed E-state index contributed by atoms with van der Waals surface area (Å²) in [5.41, 5.74) is 10.1. The van der Waals surface area contributed by atoms with Crippen LogP contribution in [-0.2, 0) is 5.41 Å². The van der Waals surface area contributed by atoms with Crippen molar-refractivity contribution in [3.05, 3.63) is 186 Å². The normalized spacial score (nSPS) is 13.1. The number of para-hydroxylation sites is 1. The van der Waals surface area contributed by atoms with Crippen LogP contribution in [-0.4, -0.2) is 15.0 Å². The molecule has 0 bridgehead atoms. The number of hydrogen-bond acceptors (Lipinski definition) is 3. The lowest BCUT2D eigenvalue weighted by Crippen LogP contribution is -2.29. The summed E-state index contributed by atoms with van der Waals surface area (Å²) in [6.07, 6.45) is 0. The van der Waals surface area contributed by atoms with Gasteiger partial charge >= 0.3 is 0 Å². The Kier molecular flexibility index (Phi) is 5.72. The van der Waals surface area contributed by atoms with E-state index in [2.05, 4.69) is 146 Å². The van der Waals surface area contributed by atoms with Crippen molar-refractivity contribution in [2.75, 3.05) is 0 Å². The van der Waals surface area contributed by atoms with Crippen LogP contribution in [0.25, 0.3) is 55.7 Å². The maximum atomic E-state index is 5.56. The van der Waals surface area contributed by atoms with Crippen LogP contribution < -0.4 is 0 Å². The first-order valence-corrected chi connectivity index (χ1v) is 15.3. The minimum absolute atomic E-state index is 0.543. The number of nitrogens with zero attached hydrogens (tertiary/aromatic N) is 3. The standard InChI is InChI=1S/C42H27N3/c1-4-16-28(17-5-1)38-34-25-13-15-27-36(34)43-41(45-38)40-32-23-11-10-22-31(32)37-39(44-40)33-24-12-14-26-35(33)42(37,29-18-6-2-7-19-29)30-20-8-3-9-21-30/h1-27H. The molecule has 0 aliphatic heterocycles. The second-order valence-corrected chi connectivity index (χ2v) is 11.5. The topological polar surface area (TPSA) is 38.7 Å². The fourth-order valence-electron chi connectivity index (χ4n) is 7.30. The van der Waals surface area contributed by atoms with E-state index in [4.69, 9.17) is 15.0 Å². The highest BCUT2D eigenvalue weighted by molar-refractivity contribution is 6.04. The Bertz CT molecular complexity index is 2330. The van der Waals surface area contributed by atoms with Gasteiger partial charge in [-0.05, 0) is 28.1 Å². The van der Waals surface area contributed by atoms with Crippen molar-refractivity contribution >= 4 is 21.7 Å². The summed E-state index contributed by atoms with van der Waals surface area (Å²) in [6.45, 7) is 0. The second-order valence-electron chi connectivity index (χ2n) is 11.5. The molecule has 0 radical (unpaired) electrons. The van der Waals surface area contributed by atoms with Crippen molar-refractivity contribution in [2.24, 2.45) is 0 Å². The third-order valence-electron chi connectivity index (χ3n) is 9.15. The summed E-state index contributed by atoms with van der Waals surface area (Å²) in [4.78, 5) is 16.0. The summed E-state index contributed by atoms with van der Waals surface area (Å²) >= 11 is 0. The van der Waals surface area contributed by atoms with Crippen molar-refractivity contribution in [1.82, 2.24) is 15.0 Å². The van der Waals surface area contributed by atoms with Gasteiger partial charge in [-0.3, -0.25) is 0 Å². The summed E-state index contributed by atoms with van der Waals surface area (Å²) in [6, 6.07) is 57.7. The first-order valence-electron chi connectivity index (χ1n) is 15.3. The Morgan fingerprint density at radius 1 is 0.378 bits per heavy atom. The fraction of sp³-hybridized carbons (Fsp3) is 0.0238. The van der Waals surface area contributed by atoms with Crippen LogP contribution in [0.2, 0.25) is 0 Å². The van der Waals surface area contributed by atoms with Crippen molar-refractivity contribution in [2.45, 2.75) is 5.41 Å². The SMILES string of the molecule is c1ccc(-c2nc(-c3nc4c(c5ccccc35)C(c3ccccc3)(c3ccccc3)c3ccccc3-4)nc3ccccc23)cc1. The van der Waals surface area contributed by atoms with Crippen molar-refractivity contribution in [1.29, 1.82) is 0 Å².